The summed E-state index contributed by atoms with van der Waals surface area (Å²) in [5.74, 6) is -0.705. The van der Waals surface area contributed by atoms with Gasteiger partial charge in [-0.2, -0.15) is 0 Å². The summed E-state index contributed by atoms with van der Waals surface area (Å²) in [7, 11) is 1.33. The molecule has 0 fully saturated rings. The highest BCUT2D eigenvalue weighted by atomic mass is 32.2. The molecule has 0 aliphatic carbocycles. The van der Waals surface area contributed by atoms with Crippen molar-refractivity contribution >= 4 is 34.4 Å². The van der Waals surface area contributed by atoms with E-state index >= 15 is 0 Å². The SMILES string of the molecule is CCCCCCCCCCCCCCCCCC(=O)SCC(=O)N(c1c(C)ccc(C)c1C)[C@@H](C)C(=O)OC. The maximum Gasteiger partial charge on any atom is 0.328 e. The lowest BCUT2D eigenvalue weighted by Crippen LogP contribution is -2.46. The molecule has 1 atom stereocenters. The minimum Gasteiger partial charge on any atom is -0.467 e. The maximum absolute atomic E-state index is 13.3. The minimum atomic E-state index is -0.770. The zero-order valence-corrected chi connectivity index (χ0v) is 26.6. The first-order chi connectivity index (χ1) is 18.7. The van der Waals surface area contributed by atoms with E-state index in [1.165, 1.54) is 95.5 Å². The number of methoxy groups -OCH3 is 1. The second kappa shape index (κ2) is 21.0. The molecule has 5 nitrogen and oxygen atoms in total. The van der Waals surface area contributed by atoms with E-state index in [-0.39, 0.29) is 16.8 Å². The van der Waals surface area contributed by atoms with Gasteiger partial charge in [0, 0.05) is 6.42 Å². The van der Waals surface area contributed by atoms with Crippen molar-refractivity contribution in [2.45, 2.75) is 143 Å². The fourth-order valence-corrected chi connectivity index (χ4v) is 5.75. The molecule has 0 spiro atoms. The van der Waals surface area contributed by atoms with Crippen LogP contribution in [0.25, 0.3) is 0 Å². The molecule has 0 saturated heterocycles. The molecule has 0 saturated carbocycles. The Morgan fingerprint density at radius 3 is 1.72 bits per heavy atom. The van der Waals surface area contributed by atoms with Crippen LogP contribution in [0.3, 0.4) is 0 Å². The molecule has 0 aliphatic rings. The van der Waals surface area contributed by atoms with Gasteiger partial charge in [0.2, 0.25) is 5.91 Å². The molecule has 0 heterocycles. The number of amides is 1. The zero-order valence-electron chi connectivity index (χ0n) is 25.7. The van der Waals surface area contributed by atoms with E-state index in [1.807, 2.05) is 32.9 Å². The summed E-state index contributed by atoms with van der Waals surface area (Å²) in [5, 5.41) is 0.0430. The van der Waals surface area contributed by atoms with Gasteiger partial charge in [0.1, 0.15) is 6.04 Å². The average molecular weight is 562 g/mol. The van der Waals surface area contributed by atoms with E-state index in [0.717, 1.165) is 47.0 Å². The lowest BCUT2D eigenvalue weighted by Gasteiger charge is -2.31. The van der Waals surface area contributed by atoms with Gasteiger partial charge in [0.05, 0.1) is 18.6 Å². The van der Waals surface area contributed by atoms with Gasteiger partial charge in [0.25, 0.3) is 0 Å². The maximum atomic E-state index is 13.3. The Morgan fingerprint density at radius 1 is 0.769 bits per heavy atom. The van der Waals surface area contributed by atoms with Crippen molar-refractivity contribution in [3.8, 4) is 0 Å². The van der Waals surface area contributed by atoms with Crippen molar-refractivity contribution in [1.82, 2.24) is 0 Å². The molecule has 1 aromatic rings. The fraction of sp³-hybridized carbons (Fsp3) is 0.727. The van der Waals surface area contributed by atoms with Crippen LogP contribution >= 0.6 is 11.8 Å². The highest BCUT2D eigenvalue weighted by molar-refractivity contribution is 8.14. The topological polar surface area (TPSA) is 63.7 Å². The van der Waals surface area contributed by atoms with Gasteiger partial charge < -0.3 is 4.74 Å². The summed E-state index contributed by atoms with van der Waals surface area (Å²) in [6.45, 7) is 9.81. The number of nitrogens with zero attached hydrogens (tertiary/aromatic N) is 1. The third-order valence-electron chi connectivity index (χ3n) is 7.68. The Bertz CT molecular complexity index is 870. The Labute approximate surface area is 243 Å². The van der Waals surface area contributed by atoms with Gasteiger partial charge in [-0.3, -0.25) is 14.5 Å². The number of unbranched alkanes of at least 4 members (excludes halogenated alkanes) is 14. The smallest absolute Gasteiger partial charge is 0.328 e. The number of thioether (sulfide) groups is 1. The zero-order chi connectivity index (χ0) is 29.0. The monoisotopic (exact) mass is 561 g/mol. The summed E-state index contributed by atoms with van der Waals surface area (Å²) in [6.07, 6.45) is 19.9. The quantitative estimate of drug-likeness (QED) is 0.111. The first kappa shape index (κ1) is 35.2. The molecule has 222 valence electrons. The van der Waals surface area contributed by atoms with Crippen LogP contribution in [-0.2, 0) is 19.1 Å². The van der Waals surface area contributed by atoms with Crippen LogP contribution < -0.4 is 4.90 Å². The van der Waals surface area contributed by atoms with Crippen molar-refractivity contribution in [3.05, 3.63) is 28.8 Å². The van der Waals surface area contributed by atoms with E-state index in [4.69, 9.17) is 4.74 Å². The van der Waals surface area contributed by atoms with Crippen molar-refractivity contribution in [2.75, 3.05) is 17.8 Å². The second-order valence-corrected chi connectivity index (χ2v) is 12.0. The van der Waals surface area contributed by atoms with Crippen LogP contribution in [0.5, 0.6) is 0 Å². The molecule has 1 aromatic carbocycles. The third-order valence-corrected chi connectivity index (χ3v) is 8.60. The molecule has 6 heteroatoms. The first-order valence-corrected chi connectivity index (χ1v) is 16.3. The van der Waals surface area contributed by atoms with Crippen molar-refractivity contribution < 1.29 is 19.1 Å². The number of benzene rings is 1. The van der Waals surface area contributed by atoms with E-state index in [9.17, 15) is 14.4 Å². The number of aryl methyl sites for hydroxylation is 2. The predicted octanol–water partition coefficient (Wildman–Crippen LogP) is 9.03. The normalized spacial score (nSPS) is 11.8. The van der Waals surface area contributed by atoms with E-state index in [0.29, 0.717) is 6.42 Å². The molecule has 0 radical (unpaired) electrons. The number of anilines is 1. The molecule has 0 unspecified atom stereocenters. The molecular weight excluding hydrogens is 506 g/mol. The van der Waals surface area contributed by atoms with Crippen LogP contribution in [0, 0.1) is 20.8 Å². The molecule has 1 rings (SSSR count). The number of esters is 1. The standard InChI is InChI=1S/C33H55NO4S/c1-7-8-9-10-11-12-13-14-15-16-17-18-19-20-21-22-31(36)39-25-30(35)34(29(5)33(37)38-6)32-27(3)24-23-26(2)28(32)4/h23-24,29H,7-22,25H2,1-6H3/t29-/m0/s1. The van der Waals surface area contributed by atoms with Crippen LogP contribution in [0.2, 0.25) is 0 Å². The Morgan fingerprint density at radius 2 is 1.23 bits per heavy atom. The minimum absolute atomic E-state index is 0.0196. The van der Waals surface area contributed by atoms with Crippen LogP contribution in [0.4, 0.5) is 5.69 Å². The van der Waals surface area contributed by atoms with Gasteiger partial charge in [-0.05, 0) is 50.8 Å². The number of carbonyl (C=O) groups excluding carboxylic acids is 3. The van der Waals surface area contributed by atoms with Crippen LogP contribution in [-0.4, -0.2) is 35.9 Å². The lowest BCUT2D eigenvalue weighted by atomic mass is 10.0. The average Bonchev–Trinajstić information content (AvgIpc) is 2.93. The Kier molecular flexibility index (Phi) is 19.0. The van der Waals surface area contributed by atoms with E-state index < -0.39 is 12.0 Å². The number of carbonyl (C=O) groups is 3. The molecule has 0 aliphatic heterocycles. The predicted molar refractivity (Wildman–Crippen MR) is 167 cm³/mol. The largest absolute Gasteiger partial charge is 0.467 e. The molecule has 39 heavy (non-hydrogen) atoms. The van der Waals surface area contributed by atoms with Crippen LogP contribution in [0.15, 0.2) is 12.1 Å². The summed E-state index contributed by atoms with van der Waals surface area (Å²) in [6, 6.07) is 3.19. The number of ether oxygens (including phenoxy) is 1. The van der Waals surface area contributed by atoms with Gasteiger partial charge in [-0.15, -0.1) is 0 Å². The first-order valence-electron chi connectivity index (χ1n) is 15.4. The van der Waals surface area contributed by atoms with E-state index in [2.05, 4.69) is 6.92 Å². The second-order valence-electron chi connectivity index (χ2n) is 11.0. The summed E-state index contributed by atoms with van der Waals surface area (Å²) in [5.41, 5.74) is 3.64. The number of hydrogen-bond donors (Lipinski definition) is 0. The summed E-state index contributed by atoms with van der Waals surface area (Å²) >= 11 is 1.06. The molecule has 0 aromatic heterocycles. The van der Waals surface area contributed by atoms with Gasteiger partial charge in [-0.25, -0.2) is 4.79 Å². The number of rotatable bonds is 21. The van der Waals surface area contributed by atoms with Gasteiger partial charge in [-0.1, -0.05) is 121 Å². The van der Waals surface area contributed by atoms with Crippen molar-refractivity contribution in [2.24, 2.45) is 0 Å². The fourth-order valence-electron chi connectivity index (χ4n) is 5.04. The van der Waals surface area contributed by atoms with Gasteiger partial charge in [0.15, 0.2) is 5.12 Å². The van der Waals surface area contributed by atoms with Crippen molar-refractivity contribution in [3.63, 3.8) is 0 Å². The number of hydrogen-bond acceptors (Lipinski definition) is 5. The molecule has 0 N–H and O–H groups in total. The van der Waals surface area contributed by atoms with Gasteiger partial charge >= 0.3 is 5.97 Å². The lowest BCUT2D eigenvalue weighted by molar-refractivity contribution is -0.142. The van der Waals surface area contributed by atoms with Crippen LogP contribution in [0.1, 0.15) is 133 Å². The summed E-state index contributed by atoms with van der Waals surface area (Å²) in [4.78, 5) is 39.6. The summed E-state index contributed by atoms with van der Waals surface area (Å²) < 4.78 is 4.93. The molecule has 1 amide bonds. The molecular formula is C33H55NO4S. The third kappa shape index (κ3) is 13.9. The van der Waals surface area contributed by atoms with E-state index in [1.54, 1.807) is 6.92 Å². The highest BCUT2D eigenvalue weighted by Gasteiger charge is 2.30. The Hall–Kier alpha value is -1.82. The highest BCUT2D eigenvalue weighted by Crippen LogP contribution is 2.30. The molecule has 0 bridgehead atoms. The van der Waals surface area contributed by atoms with Crippen molar-refractivity contribution in [1.29, 1.82) is 0 Å². The Balaban J connectivity index is 2.30.